The first-order chi connectivity index (χ1) is 10.2. The summed E-state index contributed by atoms with van der Waals surface area (Å²) in [4.78, 5) is 17.3. The molecule has 2 atom stereocenters. The van der Waals surface area contributed by atoms with Gasteiger partial charge in [0.25, 0.3) is 0 Å². The summed E-state index contributed by atoms with van der Waals surface area (Å²) in [5.74, 6) is 0.537. The molecule has 0 bridgehead atoms. The number of aromatic nitrogens is 1. The molecule has 0 unspecified atom stereocenters. The third-order valence-electron chi connectivity index (χ3n) is 3.27. The highest BCUT2D eigenvalue weighted by molar-refractivity contribution is 5.79. The van der Waals surface area contributed by atoms with Crippen LogP contribution in [0.2, 0.25) is 0 Å². The van der Waals surface area contributed by atoms with Crippen LogP contribution in [0.4, 0.5) is 10.2 Å². The lowest BCUT2D eigenvalue weighted by Gasteiger charge is -2.19. The molecule has 0 aliphatic carbocycles. The van der Waals surface area contributed by atoms with Crippen molar-refractivity contribution in [3.05, 3.63) is 24.4 Å². The van der Waals surface area contributed by atoms with Crippen molar-refractivity contribution < 1.29 is 9.18 Å². The van der Waals surface area contributed by atoms with Crippen molar-refractivity contribution in [2.24, 2.45) is 0 Å². The van der Waals surface area contributed by atoms with Gasteiger partial charge in [-0.1, -0.05) is 6.07 Å². The molecular weight excluding hydrogens is 273 g/mol. The number of carbonyl (C=O) groups is 1. The molecule has 0 saturated carbocycles. The molecule has 2 rings (SSSR count). The maximum Gasteiger partial charge on any atom is 0.237 e. The van der Waals surface area contributed by atoms with Gasteiger partial charge in [-0.3, -0.25) is 4.79 Å². The number of pyridine rings is 1. The molecule has 1 aliphatic heterocycles. The Balaban J connectivity index is 1.64. The molecule has 7 heteroatoms. The zero-order valence-corrected chi connectivity index (χ0v) is 11.6. The van der Waals surface area contributed by atoms with Gasteiger partial charge in [0.2, 0.25) is 5.91 Å². The molecule has 1 amide bonds. The van der Waals surface area contributed by atoms with E-state index in [1.165, 1.54) is 4.90 Å². The number of hydrogen-bond donors (Lipinski definition) is 2. The van der Waals surface area contributed by atoms with Crippen LogP contribution in [0.25, 0.3) is 0 Å². The molecule has 1 saturated heterocycles. The van der Waals surface area contributed by atoms with Crippen LogP contribution in [-0.2, 0) is 4.79 Å². The molecule has 6 nitrogen and oxygen atoms in total. The summed E-state index contributed by atoms with van der Waals surface area (Å²) in [5.41, 5.74) is 0. The summed E-state index contributed by atoms with van der Waals surface area (Å²) >= 11 is 0. The standard InChI is InChI=1S/C14H18FN5O/c15-11-7-12(8-16)20(10-11)14(21)9-17-5-6-19-13-3-1-2-4-18-13/h1-4,11-12,17H,5-7,9-10H2,(H,18,19)/t11-,12-/m0/s1. The maximum atomic E-state index is 13.2. The summed E-state index contributed by atoms with van der Waals surface area (Å²) < 4.78 is 13.2. The minimum Gasteiger partial charge on any atom is -0.369 e. The van der Waals surface area contributed by atoms with E-state index in [-0.39, 0.29) is 25.4 Å². The van der Waals surface area contributed by atoms with Crippen molar-refractivity contribution in [2.75, 3.05) is 31.5 Å². The Kier molecular flexibility index (Phi) is 5.46. The summed E-state index contributed by atoms with van der Waals surface area (Å²) in [6.45, 7) is 1.32. The van der Waals surface area contributed by atoms with Gasteiger partial charge in [0.05, 0.1) is 19.2 Å². The van der Waals surface area contributed by atoms with E-state index in [1.54, 1.807) is 6.20 Å². The van der Waals surface area contributed by atoms with Crippen molar-refractivity contribution >= 4 is 11.7 Å². The molecular formula is C14H18FN5O. The molecule has 1 aromatic heterocycles. The SMILES string of the molecule is N#C[C@@H]1C[C@H](F)CN1C(=O)CNCCNc1ccccn1. The number of nitrogens with one attached hydrogen (secondary N) is 2. The number of alkyl halides is 1. The Morgan fingerprint density at radius 2 is 2.38 bits per heavy atom. The van der Waals surface area contributed by atoms with Gasteiger partial charge in [-0.15, -0.1) is 0 Å². The zero-order valence-electron chi connectivity index (χ0n) is 11.6. The summed E-state index contributed by atoms with van der Waals surface area (Å²) in [5, 5.41) is 15.0. The molecule has 1 fully saturated rings. The topological polar surface area (TPSA) is 81.0 Å². The summed E-state index contributed by atoms with van der Waals surface area (Å²) in [6.07, 6.45) is 0.718. The van der Waals surface area contributed by atoms with Gasteiger partial charge < -0.3 is 15.5 Å². The molecule has 21 heavy (non-hydrogen) atoms. The fourth-order valence-electron chi connectivity index (χ4n) is 2.23. The number of rotatable bonds is 6. The normalized spacial score (nSPS) is 21.0. The second-order valence-electron chi connectivity index (χ2n) is 4.84. The lowest BCUT2D eigenvalue weighted by Crippen LogP contribution is -2.41. The van der Waals surface area contributed by atoms with Crippen LogP contribution in [0.15, 0.2) is 24.4 Å². The first kappa shape index (κ1) is 15.2. The van der Waals surface area contributed by atoms with Crippen LogP contribution in [0, 0.1) is 11.3 Å². The zero-order chi connectivity index (χ0) is 15.1. The molecule has 1 aliphatic rings. The number of likely N-dealkylation sites (tertiary alicyclic amines) is 1. The fourth-order valence-corrected chi connectivity index (χ4v) is 2.23. The smallest absolute Gasteiger partial charge is 0.237 e. The van der Waals surface area contributed by atoms with E-state index < -0.39 is 12.2 Å². The second kappa shape index (κ2) is 7.55. The molecule has 0 aromatic carbocycles. The largest absolute Gasteiger partial charge is 0.369 e. The van der Waals surface area contributed by atoms with E-state index in [0.29, 0.717) is 13.1 Å². The lowest BCUT2D eigenvalue weighted by molar-refractivity contribution is -0.130. The fraction of sp³-hybridized carbons (Fsp3) is 0.500. The van der Waals surface area contributed by atoms with E-state index in [4.69, 9.17) is 5.26 Å². The Morgan fingerprint density at radius 3 is 3.10 bits per heavy atom. The number of nitriles is 1. The number of hydrogen-bond acceptors (Lipinski definition) is 5. The first-order valence-electron chi connectivity index (χ1n) is 6.89. The van der Waals surface area contributed by atoms with Crippen LogP contribution < -0.4 is 10.6 Å². The van der Waals surface area contributed by atoms with Gasteiger partial charge in [-0.25, -0.2) is 9.37 Å². The van der Waals surface area contributed by atoms with Crippen LogP contribution in [0.3, 0.4) is 0 Å². The predicted octanol–water partition coefficient (Wildman–Crippen LogP) is 0.546. The van der Waals surface area contributed by atoms with E-state index in [0.717, 1.165) is 5.82 Å². The lowest BCUT2D eigenvalue weighted by atomic mass is 10.2. The van der Waals surface area contributed by atoms with E-state index >= 15 is 0 Å². The summed E-state index contributed by atoms with van der Waals surface area (Å²) in [7, 11) is 0. The Morgan fingerprint density at radius 1 is 1.52 bits per heavy atom. The van der Waals surface area contributed by atoms with Gasteiger partial charge in [-0.2, -0.15) is 5.26 Å². The van der Waals surface area contributed by atoms with Crippen molar-refractivity contribution in [3.63, 3.8) is 0 Å². The predicted molar refractivity (Wildman–Crippen MR) is 76.2 cm³/mol. The molecule has 1 aromatic rings. The second-order valence-corrected chi connectivity index (χ2v) is 4.84. The third kappa shape index (κ3) is 4.39. The van der Waals surface area contributed by atoms with Crippen LogP contribution in [0.5, 0.6) is 0 Å². The molecule has 2 N–H and O–H groups in total. The Hall–Kier alpha value is -2.20. The van der Waals surface area contributed by atoms with Crippen molar-refractivity contribution in [1.29, 1.82) is 5.26 Å². The van der Waals surface area contributed by atoms with Gasteiger partial charge in [0, 0.05) is 25.7 Å². The third-order valence-corrected chi connectivity index (χ3v) is 3.27. The number of amides is 1. The van der Waals surface area contributed by atoms with Gasteiger partial charge in [0.15, 0.2) is 0 Å². The molecule has 0 spiro atoms. The highest BCUT2D eigenvalue weighted by Gasteiger charge is 2.34. The van der Waals surface area contributed by atoms with Crippen molar-refractivity contribution in [1.82, 2.24) is 15.2 Å². The number of carbonyl (C=O) groups excluding carboxylic acids is 1. The van der Waals surface area contributed by atoms with Crippen molar-refractivity contribution in [2.45, 2.75) is 18.6 Å². The number of anilines is 1. The average Bonchev–Trinajstić information content (AvgIpc) is 2.89. The van der Waals surface area contributed by atoms with Crippen LogP contribution in [0.1, 0.15) is 6.42 Å². The Labute approximate surface area is 123 Å². The highest BCUT2D eigenvalue weighted by Crippen LogP contribution is 2.19. The average molecular weight is 291 g/mol. The van der Waals surface area contributed by atoms with Gasteiger partial charge in [0.1, 0.15) is 18.0 Å². The van der Waals surface area contributed by atoms with E-state index in [2.05, 4.69) is 15.6 Å². The quantitative estimate of drug-likeness (QED) is 0.748. The monoisotopic (exact) mass is 291 g/mol. The van der Waals surface area contributed by atoms with E-state index in [1.807, 2.05) is 24.3 Å². The minimum absolute atomic E-state index is 0.0188. The van der Waals surface area contributed by atoms with Gasteiger partial charge in [-0.05, 0) is 12.1 Å². The van der Waals surface area contributed by atoms with Crippen LogP contribution in [-0.4, -0.2) is 54.2 Å². The molecule has 2 heterocycles. The number of nitrogens with zero attached hydrogens (tertiary/aromatic N) is 3. The van der Waals surface area contributed by atoms with Gasteiger partial charge >= 0.3 is 0 Å². The molecule has 0 radical (unpaired) electrons. The Bertz CT molecular complexity index is 504. The van der Waals surface area contributed by atoms with E-state index in [9.17, 15) is 9.18 Å². The van der Waals surface area contributed by atoms with Crippen LogP contribution >= 0.6 is 0 Å². The maximum absolute atomic E-state index is 13.2. The van der Waals surface area contributed by atoms with Crippen molar-refractivity contribution in [3.8, 4) is 6.07 Å². The first-order valence-corrected chi connectivity index (χ1v) is 6.89. The minimum atomic E-state index is -1.09. The molecule has 112 valence electrons. The summed E-state index contributed by atoms with van der Waals surface area (Å²) in [6, 6.07) is 6.90. The number of halogens is 1. The highest BCUT2D eigenvalue weighted by atomic mass is 19.1.